The number of hydrogen-bond acceptors (Lipinski definition) is 3. The average Bonchev–Trinajstić information content (AvgIpc) is 2.28. The van der Waals surface area contributed by atoms with Gasteiger partial charge < -0.3 is 16.2 Å². The first kappa shape index (κ1) is 14.2. The zero-order valence-corrected chi connectivity index (χ0v) is 10.2. The minimum absolute atomic E-state index is 0.0448. The molecule has 0 aliphatic carbocycles. The molecule has 1 aromatic rings. The van der Waals surface area contributed by atoms with Crippen molar-refractivity contribution < 1.29 is 14.7 Å². The van der Waals surface area contributed by atoms with Crippen LogP contribution in [0.4, 0.5) is 5.69 Å². The van der Waals surface area contributed by atoms with Gasteiger partial charge in [0.2, 0.25) is 5.91 Å². The number of hydrogen-bond donors (Lipinski definition) is 3. The van der Waals surface area contributed by atoms with Crippen LogP contribution in [0.2, 0.25) is 0 Å². The molecular weight excluding hydrogens is 232 g/mol. The van der Waals surface area contributed by atoms with E-state index in [9.17, 15) is 9.59 Å². The largest absolute Gasteiger partial charge is 0.481 e. The summed E-state index contributed by atoms with van der Waals surface area (Å²) in [6.45, 7) is 0.585. The summed E-state index contributed by atoms with van der Waals surface area (Å²) in [6.07, 6.45) is 1.97. The van der Waals surface area contributed by atoms with Crippen molar-refractivity contribution >= 4 is 17.6 Å². The predicted octanol–water partition coefficient (Wildman–Crippen LogP) is 1.38. The topological polar surface area (TPSA) is 92.4 Å². The van der Waals surface area contributed by atoms with Crippen LogP contribution in [0.3, 0.4) is 0 Å². The van der Waals surface area contributed by atoms with Crippen LogP contribution in [0.25, 0.3) is 0 Å². The van der Waals surface area contributed by atoms with Gasteiger partial charge in [0.1, 0.15) is 0 Å². The maximum absolute atomic E-state index is 11.6. The highest BCUT2D eigenvalue weighted by Crippen LogP contribution is 2.12. The van der Waals surface area contributed by atoms with Gasteiger partial charge in [-0.1, -0.05) is 12.1 Å². The van der Waals surface area contributed by atoms with Crippen molar-refractivity contribution in [3.8, 4) is 0 Å². The molecular formula is C13H18N2O3. The van der Waals surface area contributed by atoms with E-state index in [1.54, 1.807) is 24.3 Å². The molecule has 0 radical (unpaired) electrons. The standard InChI is InChI=1S/C13H18N2O3/c14-7-2-1-6-12(16)15-11-5-3-4-10(8-11)9-13(17)18/h3-5,8H,1-2,6-7,9,14H2,(H,15,16)(H,17,18). The molecule has 0 bridgehead atoms. The van der Waals surface area contributed by atoms with E-state index in [1.165, 1.54) is 0 Å². The number of unbranched alkanes of at least 4 members (excludes halogenated alkanes) is 1. The number of carbonyl (C=O) groups is 2. The monoisotopic (exact) mass is 250 g/mol. The van der Waals surface area contributed by atoms with Gasteiger partial charge in [0.05, 0.1) is 6.42 Å². The second-order valence-electron chi connectivity index (χ2n) is 4.06. The molecule has 0 aliphatic rings. The number of nitrogens with two attached hydrogens (primary N) is 1. The molecule has 0 atom stereocenters. The Hall–Kier alpha value is -1.88. The number of nitrogens with one attached hydrogen (secondary N) is 1. The van der Waals surface area contributed by atoms with Crippen LogP contribution in [0.15, 0.2) is 24.3 Å². The first-order valence-corrected chi connectivity index (χ1v) is 5.92. The Morgan fingerprint density at radius 2 is 2.06 bits per heavy atom. The lowest BCUT2D eigenvalue weighted by Gasteiger charge is -2.06. The summed E-state index contributed by atoms with van der Waals surface area (Å²) < 4.78 is 0. The van der Waals surface area contributed by atoms with E-state index in [-0.39, 0.29) is 12.3 Å². The van der Waals surface area contributed by atoms with Crippen LogP contribution < -0.4 is 11.1 Å². The number of carbonyl (C=O) groups excluding carboxylic acids is 1. The number of anilines is 1. The summed E-state index contributed by atoms with van der Waals surface area (Å²) in [6, 6.07) is 6.87. The Kier molecular flexibility index (Phi) is 5.87. The van der Waals surface area contributed by atoms with E-state index >= 15 is 0 Å². The summed E-state index contributed by atoms with van der Waals surface area (Å²) in [7, 11) is 0. The molecule has 0 aromatic heterocycles. The molecule has 1 amide bonds. The molecule has 0 saturated carbocycles. The molecule has 5 heteroatoms. The molecule has 0 heterocycles. The fraction of sp³-hybridized carbons (Fsp3) is 0.385. The third-order valence-electron chi connectivity index (χ3n) is 2.42. The molecule has 0 aliphatic heterocycles. The Balaban J connectivity index is 2.51. The number of carboxylic acids is 1. The Labute approximate surface area is 106 Å². The normalized spacial score (nSPS) is 10.1. The number of benzene rings is 1. The van der Waals surface area contributed by atoms with Crippen molar-refractivity contribution in [3.05, 3.63) is 29.8 Å². The highest BCUT2D eigenvalue weighted by atomic mass is 16.4. The lowest BCUT2D eigenvalue weighted by Crippen LogP contribution is -2.12. The maximum Gasteiger partial charge on any atom is 0.307 e. The highest BCUT2D eigenvalue weighted by Gasteiger charge is 2.04. The lowest BCUT2D eigenvalue weighted by atomic mass is 10.1. The summed E-state index contributed by atoms with van der Waals surface area (Å²) in [5, 5.41) is 11.4. The smallest absolute Gasteiger partial charge is 0.307 e. The molecule has 1 rings (SSSR count). The van der Waals surface area contributed by atoms with Crippen LogP contribution in [0.5, 0.6) is 0 Å². The second-order valence-corrected chi connectivity index (χ2v) is 4.06. The first-order chi connectivity index (χ1) is 8.61. The van der Waals surface area contributed by atoms with E-state index in [2.05, 4.69) is 5.32 Å². The molecule has 1 aromatic carbocycles. The fourth-order valence-corrected chi connectivity index (χ4v) is 1.59. The van der Waals surface area contributed by atoms with Crippen molar-refractivity contribution in [1.29, 1.82) is 0 Å². The molecule has 5 nitrogen and oxygen atoms in total. The Bertz CT molecular complexity index is 418. The van der Waals surface area contributed by atoms with E-state index in [4.69, 9.17) is 10.8 Å². The zero-order chi connectivity index (χ0) is 13.4. The molecule has 98 valence electrons. The summed E-state index contributed by atoms with van der Waals surface area (Å²) in [5.74, 6) is -0.961. The molecule has 18 heavy (non-hydrogen) atoms. The zero-order valence-electron chi connectivity index (χ0n) is 10.2. The van der Waals surface area contributed by atoms with Crippen LogP contribution in [-0.4, -0.2) is 23.5 Å². The number of aliphatic carboxylic acids is 1. The minimum Gasteiger partial charge on any atom is -0.481 e. The quantitative estimate of drug-likeness (QED) is 0.637. The summed E-state index contributed by atoms with van der Waals surface area (Å²) >= 11 is 0. The molecule has 0 saturated heterocycles. The van der Waals surface area contributed by atoms with Gasteiger partial charge in [-0.3, -0.25) is 9.59 Å². The van der Waals surface area contributed by atoms with E-state index in [0.29, 0.717) is 24.2 Å². The van der Waals surface area contributed by atoms with Gasteiger partial charge in [-0.2, -0.15) is 0 Å². The Morgan fingerprint density at radius 3 is 2.72 bits per heavy atom. The van der Waals surface area contributed by atoms with Crippen LogP contribution in [0.1, 0.15) is 24.8 Å². The van der Waals surface area contributed by atoms with Gasteiger partial charge in [0.15, 0.2) is 0 Å². The van der Waals surface area contributed by atoms with Crippen LogP contribution >= 0.6 is 0 Å². The summed E-state index contributed by atoms with van der Waals surface area (Å²) in [5.41, 5.74) is 6.65. The SMILES string of the molecule is NCCCCC(=O)Nc1cccc(CC(=O)O)c1. The van der Waals surface area contributed by atoms with Crippen molar-refractivity contribution in [3.63, 3.8) is 0 Å². The van der Waals surface area contributed by atoms with E-state index in [1.807, 2.05) is 0 Å². The third-order valence-corrected chi connectivity index (χ3v) is 2.42. The number of amides is 1. The van der Waals surface area contributed by atoms with Crippen molar-refractivity contribution in [2.24, 2.45) is 5.73 Å². The molecule has 0 spiro atoms. The van der Waals surface area contributed by atoms with Crippen LogP contribution in [0, 0.1) is 0 Å². The first-order valence-electron chi connectivity index (χ1n) is 5.92. The van der Waals surface area contributed by atoms with Crippen molar-refractivity contribution in [1.82, 2.24) is 0 Å². The van der Waals surface area contributed by atoms with Crippen molar-refractivity contribution in [2.45, 2.75) is 25.7 Å². The predicted molar refractivity (Wildman–Crippen MR) is 69.3 cm³/mol. The third kappa shape index (κ3) is 5.45. The van der Waals surface area contributed by atoms with Gasteiger partial charge in [0.25, 0.3) is 0 Å². The van der Waals surface area contributed by atoms with Gasteiger partial charge in [0, 0.05) is 12.1 Å². The lowest BCUT2D eigenvalue weighted by molar-refractivity contribution is -0.136. The maximum atomic E-state index is 11.6. The number of rotatable bonds is 7. The van der Waals surface area contributed by atoms with Crippen molar-refractivity contribution in [2.75, 3.05) is 11.9 Å². The molecule has 4 N–H and O–H groups in total. The number of carboxylic acid groups (broad SMARTS) is 1. The van der Waals surface area contributed by atoms with E-state index in [0.717, 1.165) is 12.8 Å². The van der Waals surface area contributed by atoms with Crippen LogP contribution in [-0.2, 0) is 16.0 Å². The van der Waals surface area contributed by atoms with Gasteiger partial charge >= 0.3 is 5.97 Å². The highest BCUT2D eigenvalue weighted by molar-refractivity contribution is 5.90. The molecule has 0 unspecified atom stereocenters. The minimum atomic E-state index is -0.888. The van der Waals surface area contributed by atoms with Gasteiger partial charge in [-0.05, 0) is 37.1 Å². The van der Waals surface area contributed by atoms with E-state index < -0.39 is 5.97 Å². The molecule has 0 fully saturated rings. The van der Waals surface area contributed by atoms with Gasteiger partial charge in [-0.25, -0.2) is 0 Å². The second kappa shape index (κ2) is 7.45. The fourth-order valence-electron chi connectivity index (χ4n) is 1.59. The Morgan fingerprint density at radius 1 is 1.28 bits per heavy atom. The average molecular weight is 250 g/mol. The summed E-state index contributed by atoms with van der Waals surface area (Å²) in [4.78, 5) is 22.1. The van der Waals surface area contributed by atoms with Gasteiger partial charge in [-0.15, -0.1) is 0 Å².